The van der Waals surface area contributed by atoms with E-state index in [2.05, 4.69) is 160 Å². The summed E-state index contributed by atoms with van der Waals surface area (Å²) in [5, 5.41) is 8.01. The summed E-state index contributed by atoms with van der Waals surface area (Å²) in [5.41, 5.74) is 14.8. The zero-order valence-corrected chi connectivity index (χ0v) is 26.0. The number of fused-ring (bicyclic) bond motifs is 3. The summed E-state index contributed by atoms with van der Waals surface area (Å²) in [6.45, 7) is 6.91. The fourth-order valence-corrected chi connectivity index (χ4v) is 7.70. The Hall–Kier alpha value is -5.20. The molecule has 0 unspecified atom stereocenters. The van der Waals surface area contributed by atoms with Crippen molar-refractivity contribution in [2.45, 2.75) is 32.6 Å². The summed E-state index contributed by atoms with van der Waals surface area (Å²) in [6.07, 6.45) is 0.996. The molecule has 1 aliphatic carbocycles. The third kappa shape index (κ3) is 4.06. The molecule has 0 radical (unpaired) electrons. The summed E-state index contributed by atoms with van der Waals surface area (Å²) in [6, 6.07) is 52.4. The second-order valence-electron chi connectivity index (χ2n) is 13.7. The van der Waals surface area contributed by atoms with Gasteiger partial charge in [0.1, 0.15) is 0 Å². The van der Waals surface area contributed by atoms with Gasteiger partial charge in [-0.2, -0.15) is 0 Å². The van der Waals surface area contributed by atoms with Crippen LogP contribution in [-0.2, 0) is 11.8 Å². The van der Waals surface area contributed by atoms with Gasteiger partial charge in [0.2, 0.25) is 0 Å². The number of hydrogen-bond donors (Lipinski definition) is 0. The van der Waals surface area contributed by atoms with Gasteiger partial charge in [-0.25, -0.2) is 0 Å². The van der Waals surface area contributed by atoms with Crippen molar-refractivity contribution in [2.75, 3.05) is 0 Å². The van der Waals surface area contributed by atoms with Crippen LogP contribution < -0.4 is 0 Å². The number of rotatable bonds is 3. The molecule has 0 aliphatic heterocycles. The van der Waals surface area contributed by atoms with E-state index in [9.17, 15) is 0 Å². The average molecular weight is 575 g/mol. The molecule has 0 heteroatoms. The van der Waals surface area contributed by atoms with Gasteiger partial charge in [0, 0.05) is 0 Å². The lowest BCUT2D eigenvalue weighted by Crippen LogP contribution is -2.10. The van der Waals surface area contributed by atoms with Crippen molar-refractivity contribution in [3.05, 3.63) is 156 Å². The first-order chi connectivity index (χ1) is 21.9. The molecule has 0 heterocycles. The first-order valence-electron chi connectivity index (χ1n) is 16.1. The summed E-state index contributed by atoms with van der Waals surface area (Å²) < 4.78 is 0. The Balaban J connectivity index is 1.25. The molecule has 0 amide bonds. The van der Waals surface area contributed by atoms with Crippen LogP contribution in [0.4, 0.5) is 0 Å². The molecule has 0 nitrogen and oxygen atoms in total. The van der Waals surface area contributed by atoms with Crippen molar-refractivity contribution in [3.8, 4) is 44.5 Å². The standard InChI is InChI=1S/C45H34/c1-45(2,3)34-24-32-20-22-38-40(28-10-5-4-6-11-28)27-41(39-23-21-33(25-34)43(32)44(38)39)30-18-16-29(17-19-30)35-14-9-15-37-36-13-8-7-12-31(36)26-42(35)37/h4-25,27H,26H2,1-3H3. The first-order valence-corrected chi connectivity index (χ1v) is 16.1. The van der Waals surface area contributed by atoms with Gasteiger partial charge in [-0.05, 0) is 111 Å². The average Bonchev–Trinajstić information content (AvgIpc) is 3.46. The van der Waals surface area contributed by atoms with Gasteiger partial charge in [-0.1, -0.05) is 154 Å². The van der Waals surface area contributed by atoms with E-state index in [1.165, 1.54) is 93.5 Å². The van der Waals surface area contributed by atoms with Crippen LogP contribution in [0.15, 0.2) is 140 Å². The highest BCUT2D eigenvalue weighted by Crippen LogP contribution is 2.46. The van der Waals surface area contributed by atoms with Crippen LogP contribution in [0, 0.1) is 0 Å². The lowest BCUT2D eigenvalue weighted by atomic mass is 9.81. The molecule has 0 spiro atoms. The Morgan fingerprint density at radius 1 is 0.422 bits per heavy atom. The Morgan fingerprint density at radius 2 is 0.978 bits per heavy atom. The van der Waals surface area contributed by atoms with E-state index in [1.807, 2.05) is 0 Å². The monoisotopic (exact) mass is 574 g/mol. The predicted octanol–water partition coefficient (Wildman–Crippen LogP) is 12.5. The second kappa shape index (κ2) is 9.65. The van der Waals surface area contributed by atoms with Crippen molar-refractivity contribution < 1.29 is 0 Å². The van der Waals surface area contributed by atoms with Crippen LogP contribution in [0.3, 0.4) is 0 Å². The smallest absolute Gasteiger partial charge is 0.000729 e. The topological polar surface area (TPSA) is 0 Å². The minimum atomic E-state index is 0.0915. The van der Waals surface area contributed by atoms with Crippen LogP contribution in [0.5, 0.6) is 0 Å². The lowest BCUT2D eigenvalue weighted by molar-refractivity contribution is 0.591. The summed E-state index contributed by atoms with van der Waals surface area (Å²) in [4.78, 5) is 0. The van der Waals surface area contributed by atoms with Crippen molar-refractivity contribution in [1.29, 1.82) is 0 Å². The molecule has 214 valence electrons. The van der Waals surface area contributed by atoms with E-state index in [4.69, 9.17) is 0 Å². The molecule has 0 fully saturated rings. The zero-order chi connectivity index (χ0) is 30.3. The number of benzene rings is 8. The van der Waals surface area contributed by atoms with Crippen LogP contribution >= 0.6 is 0 Å². The fourth-order valence-electron chi connectivity index (χ4n) is 7.70. The molecule has 0 bridgehead atoms. The van der Waals surface area contributed by atoms with Crippen molar-refractivity contribution in [1.82, 2.24) is 0 Å². The van der Waals surface area contributed by atoms with E-state index in [0.717, 1.165) is 6.42 Å². The highest BCUT2D eigenvalue weighted by molar-refractivity contribution is 6.28. The van der Waals surface area contributed by atoms with Gasteiger partial charge in [-0.3, -0.25) is 0 Å². The maximum atomic E-state index is 2.42. The molecule has 0 saturated carbocycles. The van der Waals surface area contributed by atoms with E-state index in [1.54, 1.807) is 0 Å². The summed E-state index contributed by atoms with van der Waals surface area (Å²) in [7, 11) is 0. The largest absolute Gasteiger partial charge is 0.0622 e. The maximum Gasteiger partial charge on any atom is -0.000729 e. The van der Waals surface area contributed by atoms with Gasteiger partial charge in [0.05, 0.1) is 0 Å². The molecule has 0 N–H and O–H groups in total. The Morgan fingerprint density at radius 3 is 1.64 bits per heavy atom. The first kappa shape index (κ1) is 26.2. The molecule has 0 saturated heterocycles. The van der Waals surface area contributed by atoms with Crippen molar-refractivity contribution in [3.63, 3.8) is 0 Å². The lowest BCUT2D eigenvalue weighted by Gasteiger charge is -2.23. The third-order valence-corrected chi connectivity index (χ3v) is 10.0. The molecular weight excluding hydrogens is 540 g/mol. The van der Waals surface area contributed by atoms with E-state index >= 15 is 0 Å². The fraction of sp³-hybridized carbons (Fsp3) is 0.111. The zero-order valence-electron chi connectivity index (χ0n) is 26.0. The molecule has 8 aromatic carbocycles. The Bertz CT molecular complexity index is 2380. The predicted molar refractivity (Wildman–Crippen MR) is 193 cm³/mol. The van der Waals surface area contributed by atoms with Crippen LogP contribution in [0.2, 0.25) is 0 Å². The molecule has 1 aliphatic rings. The molecular formula is C45H34. The van der Waals surface area contributed by atoms with Crippen molar-refractivity contribution >= 4 is 32.3 Å². The molecule has 9 rings (SSSR count). The van der Waals surface area contributed by atoms with Crippen LogP contribution in [-0.4, -0.2) is 0 Å². The van der Waals surface area contributed by atoms with Crippen LogP contribution in [0.1, 0.15) is 37.5 Å². The van der Waals surface area contributed by atoms with Gasteiger partial charge < -0.3 is 0 Å². The maximum absolute atomic E-state index is 2.42. The Labute approximate surface area is 265 Å². The van der Waals surface area contributed by atoms with Crippen LogP contribution in [0.25, 0.3) is 76.8 Å². The highest BCUT2D eigenvalue weighted by Gasteiger charge is 2.22. The van der Waals surface area contributed by atoms with E-state index in [0.29, 0.717) is 0 Å². The van der Waals surface area contributed by atoms with Gasteiger partial charge >= 0.3 is 0 Å². The molecule has 0 aromatic heterocycles. The quantitative estimate of drug-likeness (QED) is 0.184. The summed E-state index contributed by atoms with van der Waals surface area (Å²) >= 11 is 0. The molecule has 0 atom stereocenters. The van der Waals surface area contributed by atoms with Crippen molar-refractivity contribution in [2.24, 2.45) is 0 Å². The minimum absolute atomic E-state index is 0.0915. The van der Waals surface area contributed by atoms with Gasteiger partial charge in [0.25, 0.3) is 0 Å². The SMILES string of the molecule is CC(C)(C)c1cc2ccc3c(-c4ccccc4)cc(-c4ccc(-c5cccc6c5Cc5ccccc5-6)cc4)c4ccc(c1)c2c34. The van der Waals surface area contributed by atoms with Gasteiger partial charge in [-0.15, -0.1) is 0 Å². The summed E-state index contributed by atoms with van der Waals surface area (Å²) in [5.74, 6) is 0. The molecule has 45 heavy (non-hydrogen) atoms. The second-order valence-corrected chi connectivity index (χ2v) is 13.7. The normalized spacial score (nSPS) is 12.7. The highest BCUT2D eigenvalue weighted by atomic mass is 14.3. The number of hydrogen-bond acceptors (Lipinski definition) is 0. The van der Waals surface area contributed by atoms with E-state index < -0.39 is 0 Å². The molecule has 8 aromatic rings. The third-order valence-electron chi connectivity index (χ3n) is 10.0. The van der Waals surface area contributed by atoms with E-state index in [-0.39, 0.29) is 5.41 Å². The Kier molecular flexibility index (Phi) is 5.62. The minimum Gasteiger partial charge on any atom is -0.0622 e. The van der Waals surface area contributed by atoms with Gasteiger partial charge in [0.15, 0.2) is 0 Å².